The second-order valence-corrected chi connectivity index (χ2v) is 8.82. The molecule has 0 aromatic heterocycles. The fraction of sp³-hybridized carbons (Fsp3) is 0.500. The molecular weight excluding hydrogens is 397 g/mol. The first-order valence-electron chi connectivity index (χ1n) is 7.25. The number of alkyl halides is 2. The van der Waals surface area contributed by atoms with Gasteiger partial charge in [0.15, 0.2) is 0 Å². The van der Waals surface area contributed by atoms with Crippen LogP contribution in [0.15, 0.2) is 30.3 Å². The molecule has 1 fully saturated rings. The van der Waals surface area contributed by atoms with E-state index >= 15 is 0 Å². The summed E-state index contributed by atoms with van der Waals surface area (Å²) in [7, 11) is 0. The number of aliphatic carboxylic acids is 1. The molecule has 1 aliphatic rings. The minimum atomic E-state index is -1.00. The molecule has 1 heterocycles. The van der Waals surface area contributed by atoms with E-state index < -0.39 is 17.6 Å². The van der Waals surface area contributed by atoms with E-state index in [-0.39, 0.29) is 34.4 Å². The molecule has 0 spiro atoms. The van der Waals surface area contributed by atoms with E-state index in [1.807, 2.05) is 37.3 Å². The predicted octanol–water partition coefficient (Wildman–Crippen LogP) is -0.649. The molecule has 1 N–H and O–H groups in total. The topological polar surface area (TPSA) is 66.8 Å². The van der Waals surface area contributed by atoms with E-state index in [2.05, 4.69) is 0 Å². The second-order valence-electron chi connectivity index (χ2n) is 5.58. The zero-order valence-corrected chi connectivity index (χ0v) is 14.8. The Morgan fingerprint density at radius 2 is 1.91 bits per heavy atom. The zero-order chi connectivity index (χ0) is 16.0. The number of carboxylic acids is 1. The quantitative estimate of drug-likeness (QED) is 0.510. The number of carbonyl (C=O) groups excluding carboxylic acids is 1. The molecule has 0 saturated carbocycles. The van der Waals surface area contributed by atoms with Gasteiger partial charge in [0, 0.05) is 0 Å². The van der Waals surface area contributed by atoms with Crippen molar-refractivity contribution in [2.75, 3.05) is 15.4 Å². The molecule has 0 atom stereocenters. The molecule has 1 aromatic rings. The first-order valence-corrected chi connectivity index (χ1v) is 10.3. The predicted molar refractivity (Wildman–Crippen MR) is 78.3 cm³/mol. The minimum absolute atomic E-state index is 0.165. The zero-order valence-electron chi connectivity index (χ0n) is 12.6. The third-order valence-corrected chi connectivity index (χ3v) is 6.51. The van der Waals surface area contributed by atoms with Crippen molar-refractivity contribution < 1.29 is 40.6 Å². The SMILES string of the molecule is CC1(N(CC(=O)O)C(=O)OCc2ccccc2)CC[I-]CC1. The summed E-state index contributed by atoms with van der Waals surface area (Å²) in [5.41, 5.74) is 0.496. The summed E-state index contributed by atoms with van der Waals surface area (Å²) >= 11 is 0.217. The molecule has 0 bridgehead atoms. The Hall–Kier alpha value is -1.31. The van der Waals surface area contributed by atoms with Gasteiger partial charge >= 0.3 is 141 Å². The average molecular weight is 418 g/mol. The van der Waals surface area contributed by atoms with Crippen LogP contribution in [-0.2, 0) is 16.1 Å². The van der Waals surface area contributed by atoms with Crippen LogP contribution in [0.5, 0.6) is 0 Å². The maximum absolute atomic E-state index is 12.4. The summed E-state index contributed by atoms with van der Waals surface area (Å²) in [6.45, 7) is 1.84. The monoisotopic (exact) mass is 418 g/mol. The molecule has 2 rings (SSSR count). The van der Waals surface area contributed by atoms with Crippen molar-refractivity contribution >= 4 is 12.1 Å². The van der Waals surface area contributed by atoms with E-state index in [1.54, 1.807) is 0 Å². The third kappa shape index (κ3) is 4.59. The molecule has 0 radical (unpaired) electrons. The molecule has 22 heavy (non-hydrogen) atoms. The van der Waals surface area contributed by atoms with Crippen LogP contribution in [-0.4, -0.2) is 43.0 Å². The molecule has 0 unspecified atom stereocenters. The van der Waals surface area contributed by atoms with Crippen LogP contribution < -0.4 is 21.2 Å². The standard InChI is InChI=1S/C16H21INO4/c1-16(7-9-17-10-8-16)18(11-14(19)20)15(21)22-12-13-5-3-2-4-6-13/h2-6H,7-12H2,1H3,(H,19,20)/q-1. The Morgan fingerprint density at radius 3 is 2.50 bits per heavy atom. The van der Waals surface area contributed by atoms with Crippen molar-refractivity contribution in [3.8, 4) is 0 Å². The van der Waals surface area contributed by atoms with Crippen molar-refractivity contribution in [2.45, 2.75) is 31.9 Å². The van der Waals surface area contributed by atoms with Gasteiger partial charge < -0.3 is 0 Å². The van der Waals surface area contributed by atoms with Crippen LogP contribution in [0, 0.1) is 0 Å². The van der Waals surface area contributed by atoms with Gasteiger partial charge in [-0.3, -0.25) is 0 Å². The van der Waals surface area contributed by atoms with E-state index in [1.165, 1.54) is 4.90 Å². The number of halogens is 1. The van der Waals surface area contributed by atoms with Gasteiger partial charge in [0.2, 0.25) is 0 Å². The maximum atomic E-state index is 12.4. The van der Waals surface area contributed by atoms with Crippen LogP contribution >= 0.6 is 0 Å². The van der Waals surface area contributed by atoms with Gasteiger partial charge in [-0.2, -0.15) is 0 Å². The Balaban J connectivity index is 2.04. The number of ether oxygens (including phenoxy) is 1. The van der Waals surface area contributed by atoms with Crippen molar-refractivity contribution in [2.24, 2.45) is 0 Å². The third-order valence-electron chi connectivity index (χ3n) is 3.90. The molecule has 1 amide bonds. The molecule has 5 nitrogen and oxygen atoms in total. The van der Waals surface area contributed by atoms with Gasteiger partial charge in [0.1, 0.15) is 0 Å². The van der Waals surface area contributed by atoms with Gasteiger partial charge in [-0.15, -0.1) is 0 Å². The number of benzene rings is 1. The van der Waals surface area contributed by atoms with Gasteiger partial charge in [-0.1, -0.05) is 0 Å². The van der Waals surface area contributed by atoms with E-state index in [0.29, 0.717) is 0 Å². The van der Waals surface area contributed by atoms with Crippen molar-refractivity contribution in [1.29, 1.82) is 0 Å². The van der Waals surface area contributed by atoms with Crippen molar-refractivity contribution in [3.63, 3.8) is 0 Å². The fourth-order valence-corrected chi connectivity index (χ4v) is 6.06. The normalized spacial score (nSPS) is 17.1. The number of rotatable bonds is 5. The Bertz CT molecular complexity index is 514. The van der Waals surface area contributed by atoms with Gasteiger partial charge in [-0.05, 0) is 0 Å². The van der Waals surface area contributed by atoms with E-state index in [9.17, 15) is 9.59 Å². The summed E-state index contributed by atoms with van der Waals surface area (Å²) in [6.07, 6.45) is 1.20. The summed E-state index contributed by atoms with van der Waals surface area (Å²) in [4.78, 5) is 24.9. The van der Waals surface area contributed by atoms with Crippen LogP contribution in [0.25, 0.3) is 0 Å². The number of carbonyl (C=O) groups is 2. The van der Waals surface area contributed by atoms with Crippen LogP contribution in [0.4, 0.5) is 4.79 Å². The first kappa shape index (κ1) is 17.1. The number of hydrogen-bond acceptors (Lipinski definition) is 3. The number of carboxylic acid groups (broad SMARTS) is 1. The van der Waals surface area contributed by atoms with Gasteiger partial charge in [-0.25, -0.2) is 0 Å². The average Bonchev–Trinajstić information content (AvgIpc) is 2.52. The molecule has 6 heteroatoms. The van der Waals surface area contributed by atoms with Crippen molar-refractivity contribution in [3.05, 3.63) is 35.9 Å². The van der Waals surface area contributed by atoms with Gasteiger partial charge in [0.05, 0.1) is 0 Å². The fourth-order valence-electron chi connectivity index (χ4n) is 2.44. The molecule has 122 valence electrons. The summed E-state index contributed by atoms with van der Waals surface area (Å²) in [5.74, 6) is -1.00. The van der Waals surface area contributed by atoms with Gasteiger partial charge in [0.25, 0.3) is 0 Å². The summed E-state index contributed by atoms with van der Waals surface area (Å²) < 4.78 is 7.59. The molecule has 0 aliphatic carbocycles. The van der Waals surface area contributed by atoms with Crippen LogP contribution in [0.2, 0.25) is 0 Å². The molecule has 1 saturated heterocycles. The number of amides is 1. The second kappa shape index (κ2) is 7.80. The summed E-state index contributed by atoms with van der Waals surface area (Å²) in [5, 5.41) is 9.12. The Kier molecular flexibility index (Phi) is 6.05. The molecule has 1 aromatic carbocycles. The Morgan fingerprint density at radius 1 is 1.27 bits per heavy atom. The van der Waals surface area contributed by atoms with E-state index in [0.717, 1.165) is 27.3 Å². The Labute approximate surface area is 140 Å². The van der Waals surface area contributed by atoms with E-state index in [4.69, 9.17) is 9.84 Å². The van der Waals surface area contributed by atoms with Crippen LogP contribution in [0.3, 0.4) is 0 Å². The number of hydrogen-bond donors (Lipinski definition) is 1. The first-order chi connectivity index (χ1) is 10.5. The molecule has 1 aliphatic heterocycles. The number of nitrogens with zero attached hydrogens (tertiary/aromatic N) is 1. The summed E-state index contributed by atoms with van der Waals surface area (Å²) in [6, 6.07) is 9.41. The van der Waals surface area contributed by atoms with Crippen molar-refractivity contribution in [1.82, 2.24) is 4.90 Å². The molecular formula is C16H21INO4-. The van der Waals surface area contributed by atoms with Crippen LogP contribution in [0.1, 0.15) is 25.3 Å².